The first kappa shape index (κ1) is 15.5. The van der Waals surface area contributed by atoms with Gasteiger partial charge in [0.15, 0.2) is 0 Å². The lowest BCUT2D eigenvalue weighted by Crippen LogP contribution is -2.35. The van der Waals surface area contributed by atoms with Gasteiger partial charge in [-0.05, 0) is 50.5 Å². The molecule has 2 aliphatic rings. The smallest absolute Gasteiger partial charge is 0.248 e. The highest BCUT2D eigenvalue weighted by atomic mass is 19.3. The summed E-state index contributed by atoms with van der Waals surface area (Å²) in [5.74, 6) is -1.05. The Morgan fingerprint density at radius 1 is 1.17 bits per heavy atom. The topological polar surface area (TPSA) is 29.1 Å². The van der Waals surface area contributed by atoms with Crippen LogP contribution in [0.1, 0.15) is 51.9 Å². The predicted molar refractivity (Wildman–Crippen MR) is 68.8 cm³/mol. The molecule has 0 aromatic heterocycles. The van der Waals surface area contributed by atoms with Crippen LogP contribution in [0.5, 0.6) is 0 Å². The lowest BCUT2D eigenvalue weighted by Gasteiger charge is -2.29. The molecule has 0 aromatic carbocycles. The second-order valence-electron chi connectivity index (χ2n) is 5.82. The third kappa shape index (κ3) is 5.01. The van der Waals surface area contributed by atoms with Crippen LogP contribution in [-0.4, -0.2) is 25.3 Å². The van der Waals surface area contributed by atoms with Gasteiger partial charge in [-0.3, -0.25) is 0 Å². The van der Waals surface area contributed by atoms with Crippen LogP contribution in [0.3, 0.4) is 0 Å². The fourth-order valence-electron chi connectivity index (χ4n) is 3.03. The summed E-state index contributed by atoms with van der Waals surface area (Å²) in [7, 11) is 0. The third-order valence-electron chi connectivity index (χ3n) is 4.23. The van der Waals surface area contributed by atoms with Crippen molar-refractivity contribution in [3.8, 4) is 0 Å². The van der Waals surface area contributed by atoms with Crippen LogP contribution in [0, 0.1) is 11.8 Å². The summed E-state index contributed by atoms with van der Waals surface area (Å²) in [4.78, 5) is 8.00. The molecule has 18 heavy (non-hydrogen) atoms. The monoisotopic (exact) mass is 261 g/mol. The summed E-state index contributed by atoms with van der Waals surface area (Å²) >= 11 is 0. The number of rotatable bonds is 3. The van der Waals surface area contributed by atoms with Gasteiger partial charge >= 0.3 is 0 Å². The molecule has 4 heteroatoms. The molecule has 1 N–H and O–H groups in total. The summed E-state index contributed by atoms with van der Waals surface area (Å²) in [5.41, 5.74) is 0. The third-order valence-corrected chi connectivity index (χ3v) is 4.23. The normalized spacial score (nSPS) is 31.7. The summed E-state index contributed by atoms with van der Waals surface area (Å²) < 4.78 is 25.9. The average molecular weight is 261 g/mol. The first-order valence-corrected chi connectivity index (χ1v) is 6.95. The Morgan fingerprint density at radius 2 is 1.78 bits per heavy atom. The molecule has 1 unspecified atom stereocenters. The van der Waals surface area contributed by atoms with Crippen molar-refractivity contribution < 1.29 is 13.6 Å². The number of carbonyl (C=O) groups is 1. The van der Waals surface area contributed by atoms with E-state index in [2.05, 4.69) is 12.2 Å². The van der Waals surface area contributed by atoms with Crippen molar-refractivity contribution in [2.75, 3.05) is 6.54 Å². The SMILES string of the molecule is C=O.CC1CC[C@H](NCC2CCC(F)(F)CC2)C1. The Bertz CT molecular complexity index is 238. The van der Waals surface area contributed by atoms with Crippen LogP contribution >= 0.6 is 0 Å². The van der Waals surface area contributed by atoms with E-state index in [0.29, 0.717) is 24.8 Å². The molecule has 2 saturated carbocycles. The van der Waals surface area contributed by atoms with Gasteiger partial charge in [-0.25, -0.2) is 8.78 Å². The fourth-order valence-corrected chi connectivity index (χ4v) is 3.03. The van der Waals surface area contributed by atoms with Crippen LogP contribution < -0.4 is 5.32 Å². The van der Waals surface area contributed by atoms with E-state index >= 15 is 0 Å². The van der Waals surface area contributed by atoms with E-state index < -0.39 is 5.92 Å². The Morgan fingerprint density at radius 3 is 2.28 bits per heavy atom. The lowest BCUT2D eigenvalue weighted by atomic mass is 9.86. The molecule has 0 bridgehead atoms. The van der Waals surface area contributed by atoms with Gasteiger partial charge in [0.25, 0.3) is 0 Å². The molecular weight excluding hydrogens is 236 g/mol. The zero-order valence-corrected chi connectivity index (χ0v) is 11.3. The van der Waals surface area contributed by atoms with Crippen molar-refractivity contribution in [3.63, 3.8) is 0 Å². The molecule has 0 aromatic rings. The van der Waals surface area contributed by atoms with E-state index in [4.69, 9.17) is 4.79 Å². The number of nitrogens with one attached hydrogen (secondary N) is 1. The van der Waals surface area contributed by atoms with Crippen molar-refractivity contribution in [1.29, 1.82) is 0 Å². The van der Waals surface area contributed by atoms with Crippen LogP contribution in [0.15, 0.2) is 0 Å². The van der Waals surface area contributed by atoms with Gasteiger partial charge in [0.1, 0.15) is 6.79 Å². The molecule has 2 aliphatic carbocycles. The van der Waals surface area contributed by atoms with Crippen molar-refractivity contribution in [3.05, 3.63) is 0 Å². The highest BCUT2D eigenvalue weighted by molar-refractivity contribution is 5.11. The Labute approximate surface area is 109 Å². The van der Waals surface area contributed by atoms with Gasteiger partial charge in [0.05, 0.1) is 0 Å². The van der Waals surface area contributed by atoms with Gasteiger partial charge in [-0.15, -0.1) is 0 Å². The maximum Gasteiger partial charge on any atom is 0.248 e. The minimum absolute atomic E-state index is 0.0976. The minimum Gasteiger partial charge on any atom is -0.314 e. The van der Waals surface area contributed by atoms with Gasteiger partial charge in [-0.2, -0.15) is 0 Å². The van der Waals surface area contributed by atoms with Crippen molar-refractivity contribution >= 4 is 6.79 Å². The molecule has 0 radical (unpaired) electrons. The van der Waals surface area contributed by atoms with Gasteiger partial charge in [-0.1, -0.05) is 6.92 Å². The van der Waals surface area contributed by atoms with E-state index in [-0.39, 0.29) is 12.8 Å². The average Bonchev–Trinajstić information content (AvgIpc) is 2.76. The molecular formula is C14H25F2NO. The van der Waals surface area contributed by atoms with Crippen LogP contribution in [0.25, 0.3) is 0 Å². The molecule has 0 heterocycles. The Hall–Kier alpha value is -0.510. The van der Waals surface area contributed by atoms with E-state index in [9.17, 15) is 8.78 Å². The first-order valence-electron chi connectivity index (χ1n) is 6.95. The number of halogens is 2. The molecule has 2 rings (SSSR count). The molecule has 0 saturated heterocycles. The summed E-state index contributed by atoms with van der Waals surface area (Å²) in [6.45, 7) is 5.25. The molecule has 0 amide bonds. The number of hydrogen-bond acceptors (Lipinski definition) is 2. The van der Waals surface area contributed by atoms with Crippen LogP contribution in [-0.2, 0) is 4.79 Å². The predicted octanol–water partition coefficient (Wildman–Crippen LogP) is 3.41. The zero-order chi connectivity index (χ0) is 13.6. The second-order valence-corrected chi connectivity index (χ2v) is 5.82. The van der Waals surface area contributed by atoms with E-state index in [0.717, 1.165) is 12.5 Å². The number of alkyl halides is 2. The van der Waals surface area contributed by atoms with Gasteiger partial charge in [0, 0.05) is 18.9 Å². The summed E-state index contributed by atoms with van der Waals surface area (Å²) in [6.07, 6.45) is 5.44. The highest BCUT2D eigenvalue weighted by Crippen LogP contribution is 2.36. The molecule has 2 nitrogen and oxygen atoms in total. The van der Waals surface area contributed by atoms with Crippen molar-refractivity contribution in [2.45, 2.75) is 63.8 Å². The molecule has 2 fully saturated rings. The quantitative estimate of drug-likeness (QED) is 0.843. The van der Waals surface area contributed by atoms with E-state index in [1.807, 2.05) is 6.79 Å². The van der Waals surface area contributed by atoms with Gasteiger partial charge < -0.3 is 10.1 Å². The molecule has 0 aliphatic heterocycles. The van der Waals surface area contributed by atoms with Gasteiger partial charge in [0.2, 0.25) is 5.92 Å². The number of carbonyl (C=O) groups excluding carboxylic acids is 1. The van der Waals surface area contributed by atoms with Crippen molar-refractivity contribution in [2.24, 2.45) is 11.8 Å². The highest BCUT2D eigenvalue weighted by Gasteiger charge is 2.35. The second kappa shape index (κ2) is 7.17. The molecule has 106 valence electrons. The van der Waals surface area contributed by atoms with E-state index in [1.54, 1.807) is 0 Å². The maximum atomic E-state index is 12.9. The largest absolute Gasteiger partial charge is 0.314 e. The van der Waals surface area contributed by atoms with Crippen LogP contribution in [0.2, 0.25) is 0 Å². The van der Waals surface area contributed by atoms with Crippen molar-refractivity contribution in [1.82, 2.24) is 5.32 Å². The van der Waals surface area contributed by atoms with E-state index in [1.165, 1.54) is 19.3 Å². The maximum absolute atomic E-state index is 12.9. The fraction of sp³-hybridized carbons (Fsp3) is 0.929. The summed E-state index contributed by atoms with van der Waals surface area (Å²) in [5, 5.41) is 3.56. The minimum atomic E-state index is -2.38. The Kier molecular flexibility index (Phi) is 6.19. The standard InChI is InChI=1S/C13H23F2N.CH2O/c1-10-2-3-12(8-10)16-9-11-4-6-13(14,15)7-5-11;1-2/h10-12,16H,2-9H2,1H3;1H2/t10?,12-;/m0./s1. The van der Waals surface area contributed by atoms with Crippen LogP contribution in [0.4, 0.5) is 8.78 Å². The zero-order valence-electron chi connectivity index (χ0n) is 11.3. The summed E-state index contributed by atoms with van der Waals surface area (Å²) in [6, 6.07) is 0.650. The number of hydrogen-bond donors (Lipinski definition) is 1. The Balaban J connectivity index is 0.000000771. The lowest BCUT2D eigenvalue weighted by molar-refractivity contribution is -0.0980. The molecule has 0 spiro atoms. The molecule has 2 atom stereocenters. The first-order chi connectivity index (χ1) is 8.55.